The molecular weight excluding hydrogens is 245 g/mol. The van der Waals surface area contributed by atoms with Gasteiger partial charge < -0.3 is 10.4 Å². The lowest BCUT2D eigenvalue weighted by Crippen LogP contribution is -2.88. The first-order valence-corrected chi connectivity index (χ1v) is 6.32. The molecule has 0 fully saturated rings. The standard InChI is InChI=1S/C12H17Cl2NO/c1-3-10(4-2)15-7-8-5-9(13)6-11(14)12(8)16/h5-6,10,15-16H,3-4,7H2,1-2H3. The highest BCUT2D eigenvalue weighted by Gasteiger charge is 2.08. The summed E-state index contributed by atoms with van der Waals surface area (Å²) in [7, 11) is 0. The Morgan fingerprint density at radius 3 is 2.44 bits per heavy atom. The summed E-state index contributed by atoms with van der Waals surface area (Å²) < 4.78 is 0. The first-order valence-electron chi connectivity index (χ1n) is 5.56. The minimum atomic E-state index is -0.103. The lowest BCUT2D eigenvalue weighted by atomic mass is 10.1. The van der Waals surface area contributed by atoms with Gasteiger partial charge in [-0.05, 0) is 25.0 Å². The van der Waals surface area contributed by atoms with E-state index in [1.807, 2.05) is 0 Å². The van der Waals surface area contributed by atoms with Crippen LogP contribution in [0.2, 0.25) is 10.0 Å². The monoisotopic (exact) mass is 261 g/mol. The van der Waals surface area contributed by atoms with E-state index in [4.69, 9.17) is 23.2 Å². The van der Waals surface area contributed by atoms with Crippen LogP contribution >= 0.6 is 23.2 Å². The maximum atomic E-state index is 11.7. The fourth-order valence-electron chi connectivity index (χ4n) is 1.68. The fourth-order valence-corrected chi connectivity index (χ4v) is 2.22. The van der Waals surface area contributed by atoms with Gasteiger partial charge in [0.2, 0.25) is 0 Å². The predicted octanol–water partition coefficient (Wildman–Crippen LogP) is 2.32. The van der Waals surface area contributed by atoms with Crippen molar-refractivity contribution in [1.29, 1.82) is 0 Å². The summed E-state index contributed by atoms with van der Waals surface area (Å²) in [5.74, 6) is -0.103. The Balaban J connectivity index is 2.73. The van der Waals surface area contributed by atoms with Crippen molar-refractivity contribution in [2.24, 2.45) is 0 Å². The van der Waals surface area contributed by atoms with Gasteiger partial charge in [-0.2, -0.15) is 0 Å². The normalized spacial score (nSPS) is 11.1. The molecule has 0 atom stereocenters. The van der Waals surface area contributed by atoms with Crippen molar-refractivity contribution in [3.05, 3.63) is 27.7 Å². The lowest BCUT2D eigenvalue weighted by molar-refractivity contribution is -0.705. The van der Waals surface area contributed by atoms with E-state index in [0.29, 0.717) is 23.2 Å². The van der Waals surface area contributed by atoms with Crippen LogP contribution in [0.3, 0.4) is 0 Å². The highest BCUT2D eigenvalue weighted by molar-refractivity contribution is 6.35. The Morgan fingerprint density at radius 2 is 1.88 bits per heavy atom. The van der Waals surface area contributed by atoms with Gasteiger partial charge in [0, 0.05) is 15.6 Å². The number of quaternary nitrogens is 1. The van der Waals surface area contributed by atoms with E-state index in [1.54, 1.807) is 6.07 Å². The summed E-state index contributed by atoms with van der Waals surface area (Å²) in [6.07, 6.45) is 2.19. The molecular formula is C12H17Cl2NO. The minimum Gasteiger partial charge on any atom is -0.871 e. The quantitative estimate of drug-likeness (QED) is 0.869. The summed E-state index contributed by atoms with van der Waals surface area (Å²) >= 11 is 11.7. The highest BCUT2D eigenvalue weighted by Crippen LogP contribution is 2.28. The molecule has 0 saturated carbocycles. The Labute approximate surface area is 107 Å². The molecule has 1 rings (SSSR count). The largest absolute Gasteiger partial charge is 0.871 e. The fraction of sp³-hybridized carbons (Fsp3) is 0.500. The van der Waals surface area contributed by atoms with Gasteiger partial charge in [-0.15, -0.1) is 0 Å². The average Bonchev–Trinajstić information content (AvgIpc) is 2.26. The van der Waals surface area contributed by atoms with Gasteiger partial charge in [0.15, 0.2) is 0 Å². The van der Waals surface area contributed by atoms with Crippen molar-refractivity contribution >= 4 is 23.2 Å². The first-order chi connectivity index (χ1) is 7.58. The van der Waals surface area contributed by atoms with E-state index in [9.17, 15) is 5.11 Å². The second-order valence-corrected chi connectivity index (χ2v) is 4.74. The van der Waals surface area contributed by atoms with Crippen LogP contribution in [0.15, 0.2) is 12.1 Å². The van der Waals surface area contributed by atoms with Gasteiger partial charge in [-0.25, -0.2) is 0 Å². The van der Waals surface area contributed by atoms with Crippen LogP contribution in [-0.2, 0) is 6.54 Å². The third-order valence-corrected chi connectivity index (χ3v) is 3.30. The maximum Gasteiger partial charge on any atom is 0.101 e. The summed E-state index contributed by atoms with van der Waals surface area (Å²) in [6, 6.07) is 3.75. The number of hydrogen-bond donors (Lipinski definition) is 1. The number of nitrogens with two attached hydrogens (primary N) is 1. The van der Waals surface area contributed by atoms with Crippen LogP contribution in [-0.4, -0.2) is 6.04 Å². The molecule has 2 N–H and O–H groups in total. The second-order valence-electron chi connectivity index (χ2n) is 3.89. The zero-order valence-electron chi connectivity index (χ0n) is 9.59. The van der Waals surface area contributed by atoms with Gasteiger partial charge in [0.05, 0.1) is 6.04 Å². The summed E-state index contributed by atoms with van der Waals surface area (Å²) in [5.41, 5.74) is 0.685. The predicted molar refractivity (Wildman–Crippen MR) is 65.9 cm³/mol. The van der Waals surface area contributed by atoms with Gasteiger partial charge in [-0.3, -0.25) is 0 Å². The molecule has 4 heteroatoms. The van der Waals surface area contributed by atoms with Crippen LogP contribution in [0.25, 0.3) is 0 Å². The van der Waals surface area contributed by atoms with Crippen molar-refractivity contribution < 1.29 is 10.4 Å². The van der Waals surface area contributed by atoms with E-state index < -0.39 is 0 Å². The van der Waals surface area contributed by atoms with E-state index >= 15 is 0 Å². The Hall–Kier alpha value is -0.440. The molecule has 16 heavy (non-hydrogen) atoms. The zero-order valence-corrected chi connectivity index (χ0v) is 11.1. The maximum absolute atomic E-state index is 11.7. The van der Waals surface area contributed by atoms with Crippen molar-refractivity contribution in [3.63, 3.8) is 0 Å². The molecule has 0 unspecified atom stereocenters. The van der Waals surface area contributed by atoms with E-state index in [1.165, 1.54) is 6.07 Å². The molecule has 0 bridgehead atoms. The molecule has 0 spiro atoms. The van der Waals surface area contributed by atoms with Crippen molar-refractivity contribution in [1.82, 2.24) is 0 Å². The van der Waals surface area contributed by atoms with Crippen LogP contribution in [0.5, 0.6) is 5.75 Å². The second kappa shape index (κ2) is 6.33. The molecule has 0 amide bonds. The molecule has 2 nitrogen and oxygen atoms in total. The SMILES string of the molecule is CCC(CC)[NH2+]Cc1cc(Cl)cc(Cl)c1[O-]. The first kappa shape index (κ1) is 13.6. The lowest BCUT2D eigenvalue weighted by Gasteiger charge is -2.17. The highest BCUT2D eigenvalue weighted by atomic mass is 35.5. The molecule has 0 aliphatic carbocycles. The zero-order chi connectivity index (χ0) is 12.1. The topological polar surface area (TPSA) is 39.7 Å². The number of halogens is 2. The molecule has 0 aromatic heterocycles. The molecule has 0 heterocycles. The summed E-state index contributed by atoms with van der Waals surface area (Å²) in [4.78, 5) is 0. The molecule has 0 radical (unpaired) electrons. The van der Waals surface area contributed by atoms with Gasteiger partial charge in [-0.1, -0.05) is 42.8 Å². The number of hydrogen-bond acceptors (Lipinski definition) is 1. The summed E-state index contributed by atoms with van der Waals surface area (Å²) in [5, 5.41) is 14.6. The minimum absolute atomic E-state index is 0.103. The number of rotatable bonds is 5. The molecule has 90 valence electrons. The molecule has 0 aliphatic rings. The number of benzene rings is 1. The van der Waals surface area contributed by atoms with Crippen LogP contribution in [0.1, 0.15) is 32.3 Å². The Morgan fingerprint density at radius 1 is 1.25 bits per heavy atom. The smallest absolute Gasteiger partial charge is 0.101 e. The molecule has 0 saturated heterocycles. The molecule has 0 aliphatic heterocycles. The van der Waals surface area contributed by atoms with Crippen LogP contribution in [0.4, 0.5) is 0 Å². The van der Waals surface area contributed by atoms with Crippen molar-refractivity contribution in [2.75, 3.05) is 0 Å². The van der Waals surface area contributed by atoms with E-state index in [2.05, 4.69) is 19.2 Å². The Bertz CT molecular complexity index is 351. The van der Waals surface area contributed by atoms with Gasteiger partial charge in [0.1, 0.15) is 6.54 Å². The average molecular weight is 262 g/mol. The van der Waals surface area contributed by atoms with Gasteiger partial charge in [0.25, 0.3) is 0 Å². The van der Waals surface area contributed by atoms with Gasteiger partial charge >= 0.3 is 0 Å². The van der Waals surface area contributed by atoms with E-state index in [0.717, 1.165) is 12.8 Å². The van der Waals surface area contributed by atoms with Crippen molar-refractivity contribution in [3.8, 4) is 5.75 Å². The third kappa shape index (κ3) is 3.55. The third-order valence-electron chi connectivity index (χ3n) is 2.81. The van der Waals surface area contributed by atoms with Crippen LogP contribution < -0.4 is 10.4 Å². The summed E-state index contributed by atoms with van der Waals surface area (Å²) in [6.45, 7) is 4.94. The molecule has 1 aromatic carbocycles. The van der Waals surface area contributed by atoms with Crippen LogP contribution in [0, 0.1) is 0 Å². The Kier molecular flexibility index (Phi) is 5.39. The van der Waals surface area contributed by atoms with Crippen molar-refractivity contribution in [2.45, 2.75) is 39.3 Å². The van der Waals surface area contributed by atoms with E-state index in [-0.39, 0.29) is 10.8 Å². The molecule has 1 aromatic rings.